The maximum Gasteiger partial charge on any atom is 0.293 e. The summed E-state index contributed by atoms with van der Waals surface area (Å²) in [6.07, 6.45) is 4.47. The number of H-pyrrole nitrogens is 1. The molecule has 1 aromatic rings. The third-order valence-corrected chi connectivity index (χ3v) is 2.22. The molecule has 0 amide bonds. The molecule has 4 heteroatoms. The van der Waals surface area contributed by atoms with E-state index in [-0.39, 0.29) is 6.10 Å². The number of aryl methyl sites for hydroxylation is 1. The second-order valence-corrected chi connectivity index (χ2v) is 2.97. The lowest BCUT2D eigenvalue weighted by molar-refractivity contribution is -0.133. The summed E-state index contributed by atoms with van der Waals surface area (Å²) in [6.45, 7) is 0.524. The van der Waals surface area contributed by atoms with Crippen molar-refractivity contribution in [3.63, 3.8) is 0 Å². The number of ether oxygens (including phenoxy) is 1. The van der Waals surface area contributed by atoms with Gasteiger partial charge in [0, 0.05) is 12.1 Å². The van der Waals surface area contributed by atoms with Crippen LogP contribution in [0.15, 0.2) is 6.20 Å². The molecule has 0 bridgehead atoms. The summed E-state index contributed by atoms with van der Waals surface area (Å²) in [6, 6.07) is 0. The highest BCUT2D eigenvalue weighted by Gasteiger charge is 2.20. The van der Waals surface area contributed by atoms with Gasteiger partial charge in [-0.2, -0.15) is 5.10 Å². The Balaban J connectivity index is 2.09. The van der Waals surface area contributed by atoms with E-state index in [0.29, 0.717) is 6.47 Å². The van der Waals surface area contributed by atoms with E-state index in [1.54, 1.807) is 6.20 Å². The maximum atomic E-state index is 10.1. The molecule has 0 radical (unpaired) electrons. The minimum atomic E-state index is 0.0487. The number of rotatable bonds is 2. The first-order valence-electron chi connectivity index (χ1n) is 4.00. The molecule has 0 fully saturated rings. The summed E-state index contributed by atoms with van der Waals surface area (Å²) in [5.74, 6) is 0. The summed E-state index contributed by atoms with van der Waals surface area (Å²) in [5, 5.41) is 6.86. The zero-order valence-corrected chi connectivity index (χ0v) is 6.62. The van der Waals surface area contributed by atoms with Crippen LogP contribution in [0.1, 0.15) is 17.7 Å². The Bertz CT molecular complexity index is 282. The normalized spacial score (nSPS) is 21.5. The van der Waals surface area contributed by atoms with Crippen molar-refractivity contribution >= 4 is 6.47 Å². The van der Waals surface area contributed by atoms with Crippen LogP contribution in [-0.4, -0.2) is 22.8 Å². The Morgan fingerprint density at radius 1 is 1.75 bits per heavy atom. The van der Waals surface area contributed by atoms with Gasteiger partial charge in [-0.15, -0.1) is 0 Å². The van der Waals surface area contributed by atoms with Crippen molar-refractivity contribution in [2.24, 2.45) is 0 Å². The Labute approximate surface area is 69.9 Å². The largest absolute Gasteiger partial charge is 0.464 e. The van der Waals surface area contributed by atoms with Crippen LogP contribution in [0, 0.1) is 0 Å². The molecule has 1 N–H and O–H groups in total. The van der Waals surface area contributed by atoms with Crippen LogP contribution in [0.5, 0.6) is 0 Å². The highest BCUT2D eigenvalue weighted by atomic mass is 16.5. The molecule has 0 aromatic carbocycles. The molecule has 64 valence electrons. The molecule has 0 aliphatic heterocycles. The number of aromatic nitrogens is 2. The van der Waals surface area contributed by atoms with Gasteiger partial charge in [-0.3, -0.25) is 9.89 Å². The Morgan fingerprint density at radius 3 is 3.50 bits per heavy atom. The summed E-state index contributed by atoms with van der Waals surface area (Å²) < 4.78 is 4.89. The number of nitrogens with one attached hydrogen (secondary N) is 1. The molecule has 0 saturated carbocycles. The number of carbonyl (C=O) groups is 1. The average Bonchev–Trinajstić information content (AvgIpc) is 2.51. The van der Waals surface area contributed by atoms with Crippen LogP contribution in [-0.2, 0) is 22.4 Å². The third kappa shape index (κ3) is 1.20. The number of hydrogen-bond acceptors (Lipinski definition) is 3. The van der Waals surface area contributed by atoms with E-state index >= 15 is 0 Å². The Kier molecular flexibility index (Phi) is 1.81. The van der Waals surface area contributed by atoms with Crippen molar-refractivity contribution in [1.29, 1.82) is 0 Å². The van der Waals surface area contributed by atoms with Crippen LogP contribution in [0.25, 0.3) is 0 Å². The first kappa shape index (κ1) is 7.34. The summed E-state index contributed by atoms with van der Waals surface area (Å²) >= 11 is 0. The lowest BCUT2D eigenvalue weighted by atomic mass is 9.96. The molecule has 2 rings (SSSR count). The van der Waals surface area contributed by atoms with Gasteiger partial charge < -0.3 is 4.74 Å². The molecule has 4 nitrogen and oxygen atoms in total. The van der Waals surface area contributed by atoms with Crippen molar-refractivity contribution in [2.45, 2.75) is 25.4 Å². The fourth-order valence-electron chi connectivity index (χ4n) is 1.58. The van der Waals surface area contributed by atoms with Gasteiger partial charge in [0.15, 0.2) is 0 Å². The molecule has 0 saturated heterocycles. The molecular formula is C8H10N2O2. The molecule has 1 aliphatic rings. The van der Waals surface area contributed by atoms with E-state index in [4.69, 9.17) is 4.74 Å². The van der Waals surface area contributed by atoms with Crippen molar-refractivity contribution in [3.05, 3.63) is 17.5 Å². The second-order valence-electron chi connectivity index (χ2n) is 2.97. The van der Waals surface area contributed by atoms with Crippen molar-refractivity contribution in [2.75, 3.05) is 0 Å². The Morgan fingerprint density at radius 2 is 2.67 bits per heavy atom. The fourth-order valence-corrected chi connectivity index (χ4v) is 1.58. The quantitative estimate of drug-likeness (QED) is 0.648. The smallest absolute Gasteiger partial charge is 0.293 e. The monoisotopic (exact) mass is 166 g/mol. The van der Waals surface area contributed by atoms with Gasteiger partial charge in [0.1, 0.15) is 6.10 Å². The third-order valence-electron chi connectivity index (χ3n) is 2.22. The number of fused-ring (bicyclic) bond motifs is 1. The minimum absolute atomic E-state index is 0.0487. The zero-order valence-electron chi connectivity index (χ0n) is 6.62. The predicted molar refractivity (Wildman–Crippen MR) is 41.5 cm³/mol. The molecule has 12 heavy (non-hydrogen) atoms. The van der Waals surface area contributed by atoms with Gasteiger partial charge >= 0.3 is 0 Å². The molecule has 0 unspecified atom stereocenters. The Hall–Kier alpha value is -1.32. The van der Waals surface area contributed by atoms with Gasteiger partial charge in [0.05, 0.1) is 6.20 Å². The number of aromatic amines is 1. The molecule has 1 aliphatic carbocycles. The van der Waals surface area contributed by atoms with E-state index in [2.05, 4.69) is 10.2 Å². The van der Waals surface area contributed by atoms with Crippen LogP contribution >= 0.6 is 0 Å². The minimum Gasteiger partial charge on any atom is -0.464 e. The first-order valence-corrected chi connectivity index (χ1v) is 4.00. The number of nitrogens with zero attached hydrogens (tertiary/aromatic N) is 1. The number of hydrogen-bond donors (Lipinski definition) is 1. The standard InChI is InChI=1S/C8H10N2O2/c11-5-12-7-1-2-8-6(3-7)4-9-10-8/h4-5,7H,1-3H2,(H,9,10)/t7-/m1/s1. The van der Waals surface area contributed by atoms with E-state index in [1.807, 2.05) is 0 Å². The van der Waals surface area contributed by atoms with Gasteiger partial charge in [0.25, 0.3) is 6.47 Å². The summed E-state index contributed by atoms with van der Waals surface area (Å²) in [5.41, 5.74) is 2.36. The van der Waals surface area contributed by atoms with Crippen LogP contribution < -0.4 is 0 Å². The molecule has 0 spiro atoms. The molecule has 1 heterocycles. The number of carbonyl (C=O) groups excluding carboxylic acids is 1. The van der Waals surface area contributed by atoms with Gasteiger partial charge in [-0.25, -0.2) is 0 Å². The molecule has 1 aromatic heterocycles. The van der Waals surface area contributed by atoms with E-state index in [0.717, 1.165) is 19.3 Å². The highest BCUT2D eigenvalue weighted by molar-refractivity contribution is 5.38. The van der Waals surface area contributed by atoms with E-state index in [9.17, 15) is 4.79 Å². The zero-order chi connectivity index (χ0) is 8.39. The fraction of sp³-hybridized carbons (Fsp3) is 0.500. The van der Waals surface area contributed by atoms with E-state index < -0.39 is 0 Å². The van der Waals surface area contributed by atoms with Gasteiger partial charge in [-0.1, -0.05) is 0 Å². The van der Waals surface area contributed by atoms with Crippen LogP contribution in [0.2, 0.25) is 0 Å². The van der Waals surface area contributed by atoms with Crippen LogP contribution in [0.4, 0.5) is 0 Å². The lowest BCUT2D eigenvalue weighted by Crippen LogP contribution is -2.21. The van der Waals surface area contributed by atoms with Gasteiger partial charge in [0.2, 0.25) is 0 Å². The first-order chi connectivity index (χ1) is 5.90. The topological polar surface area (TPSA) is 55.0 Å². The van der Waals surface area contributed by atoms with Crippen LogP contribution in [0.3, 0.4) is 0 Å². The predicted octanol–water partition coefficient (Wildman–Crippen LogP) is 0.440. The second kappa shape index (κ2) is 2.97. The van der Waals surface area contributed by atoms with Crippen molar-refractivity contribution in [1.82, 2.24) is 10.2 Å². The van der Waals surface area contributed by atoms with Crippen molar-refractivity contribution < 1.29 is 9.53 Å². The summed E-state index contributed by atoms with van der Waals surface area (Å²) in [7, 11) is 0. The molecule has 1 atom stereocenters. The summed E-state index contributed by atoms with van der Waals surface area (Å²) in [4.78, 5) is 10.1. The van der Waals surface area contributed by atoms with Crippen molar-refractivity contribution in [3.8, 4) is 0 Å². The lowest BCUT2D eigenvalue weighted by Gasteiger charge is -2.19. The molecular weight excluding hydrogens is 156 g/mol. The SMILES string of the molecule is O=CO[C@@H]1CCc2[nH]ncc2C1. The maximum absolute atomic E-state index is 10.1. The highest BCUT2D eigenvalue weighted by Crippen LogP contribution is 2.20. The average molecular weight is 166 g/mol. The van der Waals surface area contributed by atoms with Gasteiger partial charge in [-0.05, 0) is 18.4 Å². The van der Waals surface area contributed by atoms with E-state index in [1.165, 1.54) is 11.3 Å².